The Morgan fingerprint density at radius 2 is 2.12 bits per heavy atom. The molecule has 0 aliphatic carbocycles. The van der Waals surface area contributed by atoms with Crippen LogP contribution in [0.5, 0.6) is 0 Å². The SMILES string of the molecule is CC(C)(C)OC(=O)N[C@@H]1C[C@H](N2Cc3cn(CCO)nc3C2)CSC1c1cc(F)ccc1F. The predicted molar refractivity (Wildman–Crippen MR) is 122 cm³/mol. The Morgan fingerprint density at radius 3 is 2.82 bits per heavy atom. The monoisotopic (exact) mass is 480 g/mol. The summed E-state index contributed by atoms with van der Waals surface area (Å²) in [4.78, 5) is 14.9. The minimum absolute atomic E-state index is 0.0413. The van der Waals surface area contributed by atoms with Crippen molar-refractivity contribution in [2.75, 3.05) is 12.4 Å². The van der Waals surface area contributed by atoms with E-state index in [1.54, 1.807) is 25.5 Å². The van der Waals surface area contributed by atoms with Crippen LogP contribution in [0.25, 0.3) is 0 Å². The van der Waals surface area contributed by atoms with E-state index in [1.807, 2.05) is 6.20 Å². The zero-order chi connectivity index (χ0) is 23.8. The summed E-state index contributed by atoms with van der Waals surface area (Å²) in [5.74, 6) is -0.272. The summed E-state index contributed by atoms with van der Waals surface area (Å²) < 4.78 is 35.7. The van der Waals surface area contributed by atoms with Gasteiger partial charge in [-0.2, -0.15) is 5.10 Å². The number of ether oxygens (including phenoxy) is 1. The topological polar surface area (TPSA) is 79.6 Å². The number of nitrogens with zero attached hydrogens (tertiary/aromatic N) is 3. The molecule has 1 fully saturated rings. The second-order valence-corrected chi connectivity index (χ2v) is 10.7. The molecule has 1 aromatic carbocycles. The van der Waals surface area contributed by atoms with Crippen LogP contribution in [-0.4, -0.2) is 55.9 Å². The summed E-state index contributed by atoms with van der Waals surface area (Å²) in [6.07, 6.45) is 1.97. The number of hydrogen-bond acceptors (Lipinski definition) is 6. The lowest BCUT2D eigenvalue weighted by atomic mass is 9.97. The van der Waals surface area contributed by atoms with Gasteiger partial charge in [-0.1, -0.05) is 0 Å². The molecule has 1 unspecified atom stereocenters. The molecule has 2 N–H and O–H groups in total. The number of thioether (sulfide) groups is 1. The van der Waals surface area contributed by atoms with Crippen molar-refractivity contribution in [3.63, 3.8) is 0 Å². The summed E-state index contributed by atoms with van der Waals surface area (Å²) >= 11 is 1.52. The highest BCUT2D eigenvalue weighted by molar-refractivity contribution is 7.99. The van der Waals surface area contributed by atoms with E-state index in [2.05, 4.69) is 15.3 Å². The first-order valence-electron chi connectivity index (χ1n) is 11.1. The molecular formula is C23H30F2N4O3S. The Morgan fingerprint density at radius 1 is 1.33 bits per heavy atom. The number of benzene rings is 1. The normalized spacial score (nSPS) is 23.4. The molecule has 2 aliphatic heterocycles. The molecule has 4 rings (SSSR count). The lowest BCUT2D eigenvalue weighted by molar-refractivity contribution is 0.0487. The van der Waals surface area contributed by atoms with Gasteiger partial charge in [0.1, 0.15) is 17.2 Å². The number of amides is 1. The van der Waals surface area contributed by atoms with Gasteiger partial charge in [-0.3, -0.25) is 9.58 Å². The van der Waals surface area contributed by atoms with Gasteiger partial charge < -0.3 is 15.2 Å². The fourth-order valence-electron chi connectivity index (χ4n) is 4.41. The largest absolute Gasteiger partial charge is 0.444 e. The Hall–Kier alpha value is -2.17. The smallest absolute Gasteiger partial charge is 0.407 e. The third-order valence-corrected chi connectivity index (χ3v) is 7.34. The van der Waals surface area contributed by atoms with Crippen molar-refractivity contribution >= 4 is 17.9 Å². The van der Waals surface area contributed by atoms with Gasteiger partial charge >= 0.3 is 6.09 Å². The van der Waals surface area contributed by atoms with E-state index in [9.17, 15) is 13.6 Å². The summed E-state index contributed by atoms with van der Waals surface area (Å²) in [6, 6.07) is 3.15. The number of hydrogen-bond donors (Lipinski definition) is 2. The highest BCUT2D eigenvalue weighted by Crippen LogP contribution is 2.42. The molecule has 1 saturated heterocycles. The Bertz CT molecular complexity index is 987. The second kappa shape index (κ2) is 9.60. The molecule has 180 valence electrons. The van der Waals surface area contributed by atoms with Crippen LogP contribution in [0.15, 0.2) is 24.4 Å². The number of alkyl carbamates (subject to hydrolysis) is 1. The van der Waals surface area contributed by atoms with Gasteiger partial charge in [0.15, 0.2) is 0 Å². The molecule has 3 atom stereocenters. The zero-order valence-electron chi connectivity index (χ0n) is 19.1. The van der Waals surface area contributed by atoms with E-state index in [0.717, 1.165) is 29.9 Å². The van der Waals surface area contributed by atoms with Gasteiger partial charge in [0.05, 0.1) is 24.1 Å². The van der Waals surface area contributed by atoms with E-state index in [1.165, 1.54) is 17.8 Å². The number of rotatable bonds is 5. The van der Waals surface area contributed by atoms with Gasteiger partial charge in [-0.25, -0.2) is 13.6 Å². The van der Waals surface area contributed by atoms with Crippen LogP contribution in [0.2, 0.25) is 0 Å². The second-order valence-electron chi connectivity index (χ2n) is 9.55. The van der Waals surface area contributed by atoms with E-state index in [0.29, 0.717) is 25.3 Å². The van der Waals surface area contributed by atoms with E-state index >= 15 is 0 Å². The molecule has 33 heavy (non-hydrogen) atoms. The lowest BCUT2D eigenvalue weighted by Gasteiger charge is -2.40. The van der Waals surface area contributed by atoms with Crippen molar-refractivity contribution in [1.29, 1.82) is 0 Å². The maximum atomic E-state index is 14.6. The number of aromatic nitrogens is 2. The van der Waals surface area contributed by atoms with Gasteiger partial charge in [0.2, 0.25) is 0 Å². The number of carbonyl (C=O) groups excluding carboxylic acids is 1. The number of aliphatic hydroxyl groups excluding tert-OH is 1. The maximum absolute atomic E-state index is 14.6. The lowest BCUT2D eigenvalue weighted by Crippen LogP contribution is -2.49. The van der Waals surface area contributed by atoms with Crippen LogP contribution < -0.4 is 5.32 Å². The van der Waals surface area contributed by atoms with Crippen LogP contribution in [-0.2, 0) is 24.4 Å². The molecule has 7 nitrogen and oxygen atoms in total. The average Bonchev–Trinajstić information content (AvgIpc) is 3.27. The quantitative estimate of drug-likeness (QED) is 0.681. The molecule has 1 amide bonds. The number of carbonyl (C=O) groups is 1. The van der Waals surface area contributed by atoms with Gasteiger partial charge in [-0.15, -0.1) is 11.8 Å². The molecule has 0 saturated carbocycles. The fourth-order valence-corrected chi connectivity index (χ4v) is 5.96. The highest BCUT2D eigenvalue weighted by Gasteiger charge is 2.39. The van der Waals surface area contributed by atoms with Crippen molar-refractivity contribution in [2.45, 2.75) is 69.8 Å². The summed E-state index contributed by atoms with van der Waals surface area (Å²) in [5, 5.41) is 16.2. The summed E-state index contributed by atoms with van der Waals surface area (Å²) in [6.45, 7) is 7.26. The Kier molecular flexibility index (Phi) is 6.97. The third-order valence-electron chi connectivity index (χ3n) is 5.82. The minimum atomic E-state index is -0.664. The standard InChI is InChI=1S/C23H30F2N4O3S/c1-23(2,3)32-22(31)26-19-9-16(13-33-21(19)17-8-15(24)4-5-18(17)25)28-10-14-11-29(6-7-30)27-20(14)12-28/h4-5,8,11,16,19,21,30H,6-7,9-10,12-13H2,1-3H3,(H,26,31)/t16-,19+,21?/m0/s1. The molecule has 2 aromatic rings. The molecule has 1 aromatic heterocycles. The predicted octanol–water partition coefficient (Wildman–Crippen LogP) is 3.61. The molecule has 0 spiro atoms. The van der Waals surface area contributed by atoms with Crippen LogP contribution in [0.1, 0.15) is 49.3 Å². The van der Waals surface area contributed by atoms with Crippen molar-refractivity contribution in [3.8, 4) is 0 Å². The summed E-state index contributed by atoms with van der Waals surface area (Å²) in [7, 11) is 0. The van der Waals surface area contributed by atoms with Gasteiger partial charge in [-0.05, 0) is 45.4 Å². The maximum Gasteiger partial charge on any atom is 0.407 e. The number of fused-ring (bicyclic) bond motifs is 1. The van der Waals surface area contributed by atoms with Crippen molar-refractivity contribution in [3.05, 3.63) is 52.9 Å². The van der Waals surface area contributed by atoms with Crippen molar-refractivity contribution in [1.82, 2.24) is 20.0 Å². The van der Waals surface area contributed by atoms with Crippen molar-refractivity contribution < 1.29 is 23.4 Å². The first kappa shape index (κ1) is 24.0. The van der Waals surface area contributed by atoms with Crippen LogP contribution in [0.3, 0.4) is 0 Å². The van der Waals surface area contributed by atoms with Gasteiger partial charge in [0.25, 0.3) is 0 Å². The highest BCUT2D eigenvalue weighted by atomic mass is 32.2. The molecule has 3 heterocycles. The Balaban J connectivity index is 1.51. The van der Waals surface area contributed by atoms with E-state index < -0.39 is 34.6 Å². The van der Waals surface area contributed by atoms with Crippen LogP contribution in [0.4, 0.5) is 13.6 Å². The first-order valence-corrected chi connectivity index (χ1v) is 12.1. The molecule has 0 radical (unpaired) electrons. The Labute approximate surface area is 196 Å². The fraction of sp³-hybridized carbons (Fsp3) is 0.565. The summed E-state index contributed by atoms with van der Waals surface area (Å²) in [5.41, 5.74) is 1.71. The van der Waals surface area contributed by atoms with Crippen LogP contribution >= 0.6 is 11.8 Å². The average molecular weight is 481 g/mol. The molecule has 10 heteroatoms. The molecule has 0 bridgehead atoms. The number of halogens is 2. The first-order chi connectivity index (χ1) is 15.6. The molecular weight excluding hydrogens is 450 g/mol. The van der Waals surface area contributed by atoms with Crippen LogP contribution in [0, 0.1) is 11.6 Å². The van der Waals surface area contributed by atoms with Crippen molar-refractivity contribution in [2.24, 2.45) is 0 Å². The van der Waals surface area contributed by atoms with E-state index in [4.69, 9.17) is 9.84 Å². The minimum Gasteiger partial charge on any atom is -0.444 e. The number of nitrogens with one attached hydrogen (secondary N) is 1. The molecule has 2 aliphatic rings. The zero-order valence-corrected chi connectivity index (χ0v) is 19.9. The van der Waals surface area contributed by atoms with Gasteiger partial charge in [0, 0.05) is 48.2 Å². The third kappa shape index (κ3) is 5.67. The van der Waals surface area contributed by atoms with E-state index in [-0.39, 0.29) is 18.2 Å². The number of aliphatic hydroxyl groups is 1.